The maximum Gasteiger partial charge on any atom is 0.252 e. The number of carbonyl (C=O) groups is 1. The average molecular weight is 191 g/mol. The Hall–Kier alpha value is -1.98. The fourth-order valence-electron chi connectivity index (χ4n) is 1.14. The highest BCUT2D eigenvalue weighted by Gasteiger charge is 2.01. The van der Waals surface area contributed by atoms with Crippen molar-refractivity contribution in [3.63, 3.8) is 0 Å². The number of rotatable bonds is 3. The Balaban J connectivity index is 2.21. The van der Waals surface area contributed by atoms with Crippen molar-refractivity contribution in [3.8, 4) is 0 Å². The number of nitrogens with zero attached hydrogens (tertiary/aromatic N) is 4. The van der Waals surface area contributed by atoms with Crippen LogP contribution in [0.5, 0.6) is 0 Å². The highest BCUT2D eigenvalue weighted by atomic mass is 16.1. The quantitative estimate of drug-likeness (QED) is 0.711. The Labute approximate surface area is 79.8 Å². The van der Waals surface area contributed by atoms with Crippen molar-refractivity contribution in [3.05, 3.63) is 24.3 Å². The third kappa shape index (κ3) is 1.68. The molecule has 0 unspecified atom stereocenters. The smallest absolute Gasteiger partial charge is 0.252 e. The van der Waals surface area contributed by atoms with Gasteiger partial charge in [0.25, 0.3) is 5.78 Å². The van der Waals surface area contributed by atoms with Gasteiger partial charge in [-0.25, -0.2) is 9.50 Å². The summed E-state index contributed by atoms with van der Waals surface area (Å²) < 4.78 is 1.56. The van der Waals surface area contributed by atoms with Gasteiger partial charge in [0.2, 0.25) is 5.91 Å². The first-order chi connectivity index (χ1) is 6.75. The zero-order chi connectivity index (χ0) is 9.97. The number of fused-ring (bicyclic) bond motifs is 1. The van der Waals surface area contributed by atoms with E-state index >= 15 is 0 Å². The van der Waals surface area contributed by atoms with Gasteiger partial charge in [0.15, 0.2) is 0 Å². The van der Waals surface area contributed by atoms with Crippen molar-refractivity contribution in [2.75, 3.05) is 0 Å². The number of hydrogen-bond acceptors (Lipinski definition) is 4. The molecule has 2 rings (SSSR count). The highest BCUT2D eigenvalue weighted by molar-refractivity contribution is 5.73. The molecule has 14 heavy (non-hydrogen) atoms. The maximum atomic E-state index is 10.5. The largest absolute Gasteiger partial charge is 0.370 e. The lowest BCUT2D eigenvalue weighted by molar-refractivity contribution is -0.118. The van der Waals surface area contributed by atoms with Gasteiger partial charge in [0.05, 0.1) is 0 Å². The lowest BCUT2D eigenvalue weighted by Crippen LogP contribution is -2.11. The van der Waals surface area contributed by atoms with Crippen molar-refractivity contribution in [2.24, 2.45) is 5.73 Å². The Bertz CT molecular complexity index is 463. The summed E-state index contributed by atoms with van der Waals surface area (Å²) in [7, 11) is 0. The van der Waals surface area contributed by atoms with Crippen molar-refractivity contribution in [1.29, 1.82) is 0 Å². The minimum Gasteiger partial charge on any atom is -0.370 e. The van der Waals surface area contributed by atoms with Gasteiger partial charge in [-0.05, 0) is 12.5 Å². The second-order valence-corrected chi connectivity index (χ2v) is 2.89. The van der Waals surface area contributed by atoms with Gasteiger partial charge in [-0.15, -0.1) is 0 Å². The zero-order valence-corrected chi connectivity index (χ0v) is 7.42. The van der Waals surface area contributed by atoms with Gasteiger partial charge >= 0.3 is 0 Å². The Morgan fingerprint density at radius 2 is 2.43 bits per heavy atom. The Morgan fingerprint density at radius 3 is 3.21 bits per heavy atom. The van der Waals surface area contributed by atoms with E-state index in [0.29, 0.717) is 18.6 Å². The minimum atomic E-state index is -0.326. The molecule has 0 aliphatic heterocycles. The molecular formula is C8H9N5O. The first-order valence-electron chi connectivity index (χ1n) is 4.19. The van der Waals surface area contributed by atoms with Crippen LogP contribution in [-0.2, 0) is 11.2 Å². The lowest BCUT2D eigenvalue weighted by atomic mass is 10.2. The highest BCUT2D eigenvalue weighted by Crippen LogP contribution is 2.00. The van der Waals surface area contributed by atoms with E-state index in [9.17, 15) is 4.79 Å². The normalized spacial score (nSPS) is 10.6. The molecular weight excluding hydrogens is 182 g/mol. The summed E-state index contributed by atoms with van der Waals surface area (Å²) in [5, 5.41) is 3.91. The molecule has 6 heteroatoms. The molecule has 2 aromatic heterocycles. The molecule has 0 saturated carbocycles. The summed E-state index contributed by atoms with van der Waals surface area (Å²) in [5.41, 5.74) is 5.83. The number of aromatic nitrogens is 4. The topological polar surface area (TPSA) is 86.2 Å². The van der Waals surface area contributed by atoms with Gasteiger partial charge in [-0.2, -0.15) is 10.1 Å². The van der Waals surface area contributed by atoms with Gasteiger partial charge in [0, 0.05) is 18.3 Å². The molecule has 0 aromatic carbocycles. The minimum absolute atomic E-state index is 0.303. The number of carbonyl (C=O) groups excluding carboxylic acids is 1. The van der Waals surface area contributed by atoms with Gasteiger partial charge in [0.1, 0.15) is 6.33 Å². The van der Waals surface area contributed by atoms with Crippen LogP contribution in [0.1, 0.15) is 12.1 Å². The predicted octanol–water partition coefficient (Wildman–Crippen LogP) is -0.458. The van der Waals surface area contributed by atoms with Gasteiger partial charge in [-0.1, -0.05) is 0 Å². The molecule has 72 valence electrons. The summed E-state index contributed by atoms with van der Waals surface area (Å²) in [6.45, 7) is 0. The lowest BCUT2D eigenvalue weighted by Gasteiger charge is -1.97. The Morgan fingerprint density at radius 1 is 1.57 bits per heavy atom. The fourth-order valence-corrected chi connectivity index (χ4v) is 1.14. The summed E-state index contributed by atoms with van der Waals surface area (Å²) in [6.07, 6.45) is 4.03. The van der Waals surface area contributed by atoms with Crippen LogP contribution in [0.15, 0.2) is 18.6 Å². The first kappa shape index (κ1) is 8.61. The molecule has 1 amide bonds. The van der Waals surface area contributed by atoms with Crippen LogP contribution < -0.4 is 5.73 Å². The SMILES string of the molecule is NC(=O)CCc1ccn2ncnc2n1. The summed E-state index contributed by atoms with van der Waals surface area (Å²) in [4.78, 5) is 18.7. The Kier molecular flexibility index (Phi) is 2.10. The number of aryl methyl sites for hydroxylation is 1. The van der Waals surface area contributed by atoms with E-state index in [1.54, 1.807) is 16.8 Å². The molecule has 0 atom stereocenters. The van der Waals surface area contributed by atoms with Crippen molar-refractivity contribution < 1.29 is 4.79 Å². The van der Waals surface area contributed by atoms with Gasteiger partial charge < -0.3 is 5.73 Å². The summed E-state index contributed by atoms with van der Waals surface area (Å²) in [5.74, 6) is 0.208. The predicted molar refractivity (Wildman–Crippen MR) is 48.3 cm³/mol. The van der Waals surface area contributed by atoms with Crippen LogP contribution in [-0.4, -0.2) is 25.5 Å². The van der Waals surface area contributed by atoms with Crippen LogP contribution in [0.3, 0.4) is 0 Å². The molecule has 6 nitrogen and oxygen atoms in total. The van der Waals surface area contributed by atoms with Crippen LogP contribution in [0.25, 0.3) is 5.78 Å². The third-order valence-electron chi connectivity index (χ3n) is 1.83. The molecule has 0 spiro atoms. The van der Waals surface area contributed by atoms with E-state index in [0.717, 1.165) is 5.69 Å². The molecule has 0 radical (unpaired) electrons. The monoisotopic (exact) mass is 191 g/mol. The number of amides is 1. The molecule has 2 heterocycles. The number of primary amides is 1. The van der Waals surface area contributed by atoms with Crippen LogP contribution in [0.4, 0.5) is 0 Å². The molecule has 0 bridgehead atoms. The van der Waals surface area contributed by atoms with E-state index in [1.807, 2.05) is 0 Å². The molecule has 2 aromatic rings. The van der Waals surface area contributed by atoms with Gasteiger partial charge in [-0.3, -0.25) is 4.79 Å². The van der Waals surface area contributed by atoms with Crippen molar-refractivity contribution in [2.45, 2.75) is 12.8 Å². The first-order valence-corrected chi connectivity index (χ1v) is 4.19. The number of nitrogens with two attached hydrogens (primary N) is 1. The molecule has 0 saturated heterocycles. The zero-order valence-electron chi connectivity index (χ0n) is 7.42. The number of hydrogen-bond donors (Lipinski definition) is 1. The fraction of sp³-hybridized carbons (Fsp3) is 0.250. The standard InChI is InChI=1S/C8H9N5O/c9-7(14)2-1-6-3-4-13-8(12-6)10-5-11-13/h3-5H,1-2H2,(H2,9,14). The van der Waals surface area contributed by atoms with Crippen LogP contribution in [0.2, 0.25) is 0 Å². The van der Waals surface area contributed by atoms with E-state index in [-0.39, 0.29) is 5.91 Å². The average Bonchev–Trinajstić information content (AvgIpc) is 2.61. The van der Waals surface area contributed by atoms with E-state index in [2.05, 4.69) is 15.1 Å². The molecule has 0 aliphatic rings. The molecule has 2 N–H and O–H groups in total. The molecule has 0 fully saturated rings. The van der Waals surface area contributed by atoms with Crippen LogP contribution >= 0.6 is 0 Å². The van der Waals surface area contributed by atoms with E-state index in [4.69, 9.17) is 5.73 Å². The maximum absolute atomic E-state index is 10.5. The second kappa shape index (κ2) is 3.41. The summed E-state index contributed by atoms with van der Waals surface area (Å²) >= 11 is 0. The summed E-state index contributed by atoms with van der Waals surface area (Å²) in [6, 6.07) is 1.80. The second-order valence-electron chi connectivity index (χ2n) is 2.89. The van der Waals surface area contributed by atoms with Crippen molar-refractivity contribution >= 4 is 11.7 Å². The van der Waals surface area contributed by atoms with Crippen molar-refractivity contribution in [1.82, 2.24) is 19.6 Å². The molecule has 0 aliphatic carbocycles. The van der Waals surface area contributed by atoms with E-state index < -0.39 is 0 Å². The van der Waals surface area contributed by atoms with E-state index in [1.165, 1.54) is 6.33 Å². The van der Waals surface area contributed by atoms with Crippen LogP contribution in [0, 0.1) is 0 Å². The third-order valence-corrected chi connectivity index (χ3v) is 1.83.